The molecule has 2 heterocycles. The highest BCUT2D eigenvalue weighted by Crippen LogP contribution is 2.31. The number of aromatic nitrogens is 1. The lowest BCUT2D eigenvalue weighted by Gasteiger charge is -2.25. The number of rotatable bonds is 11. The van der Waals surface area contributed by atoms with Gasteiger partial charge in [0.15, 0.2) is 10.0 Å². The molecule has 1 aliphatic rings. The van der Waals surface area contributed by atoms with E-state index in [-0.39, 0.29) is 17.6 Å². The fraction of sp³-hybridized carbons (Fsp3) is 0.500. The zero-order chi connectivity index (χ0) is 20.6. The minimum atomic E-state index is -0.991. The molecule has 3 rings (SSSR count). The quantitative estimate of drug-likeness (QED) is 0.367. The van der Waals surface area contributed by atoms with Gasteiger partial charge >= 0.3 is 5.97 Å². The Morgan fingerprint density at radius 3 is 2.76 bits per heavy atom. The highest BCUT2D eigenvalue weighted by Gasteiger charge is 2.31. The van der Waals surface area contributed by atoms with Gasteiger partial charge in [0.25, 0.3) is 0 Å². The molecule has 0 spiro atoms. The van der Waals surface area contributed by atoms with Gasteiger partial charge in [-0.2, -0.15) is 0 Å². The lowest BCUT2D eigenvalue weighted by atomic mass is 10.1. The number of aryl methyl sites for hydroxylation is 1. The van der Waals surface area contributed by atoms with Crippen molar-refractivity contribution in [1.29, 1.82) is 0 Å². The number of hydrogen-bond donors (Lipinski definition) is 1. The van der Waals surface area contributed by atoms with Gasteiger partial charge in [-0.15, -0.1) is 11.3 Å². The van der Waals surface area contributed by atoms with Crippen LogP contribution in [-0.4, -0.2) is 33.8 Å². The van der Waals surface area contributed by atoms with Crippen molar-refractivity contribution in [3.8, 4) is 0 Å². The number of carbonyl (C=O) groups is 2. The second-order valence-electron chi connectivity index (χ2n) is 7.37. The van der Waals surface area contributed by atoms with Crippen LogP contribution >= 0.6 is 23.1 Å². The Balaban J connectivity index is 1.53. The standard InChI is InChI=1S/C22H28N2O3S2/c1-2-3-4-5-6-16-7-9-17(10-8-16)24-18(11-12-20(24)25)13-14-28-22-23-19(15-29-22)21(26)27/h7-10,15,18H,2-6,11-14H2,1H3,(H,26,27)/t18-/m1/s1. The van der Waals surface area contributed by atoms with E-state index in [1.807, 2.05) is 4.90 Å². The number of anilines is 1. The van der Waals surface area contributed by atoms with Crippen LogP contribution < -0.4 is 4.90 Å². The van der Waals surface area contributed by atoms with Gasteiger partial charge in [-0.05, 0) is 43.4 Å². The molecule has 0 saturated carbocycles. The Kier molecular flexibility index (Phi) is 8.12. The van der Waals surface area contributed by atoms with Crippen LogP contribution in [0.3, 0.4) is 0 Å². The van der Waals surface area contributed by atoms with Gasteiger partial charge < -0.3 is 10.0 Å². The number of benzene rings is 1. The number of hydrogen-bond acceptors (Lipinski definition) is 5. The Labute approximate surface area is 180 Å². The van der Waals surface area contributed by atoms with Crippen molar-refractivity contribution in [2.45, 2.75) is 68.7 Å². The molecule has 1 saturated heterocycles. The maximum Gasteiger partial charge on any atom is 0.355 e. The van der Waals surface area contributed by atoms with Gasteiger partial charge in [0.1, 0.15) is 0 Å². The number of nitrogens with zero attached hydrogens (tertiary/aromatic N) is 2. The van der Waals surface area contributed by atoms with Gasteiger partial charge in [-0.1, -0.05) is 50.1 Å². The van der Waals surface area contributed by atoms with E-state index in [0.717, 1.165) is 35.0 Å². The number of unbranched alkanes of at least 4 members (excludes halogenated alkanes) is 3. The first-order valence-electron chi connectivity index (χ1n) is 10.3. The number of aromatic carboxylic acids is 1. The summed E-state index contributed by atoms with van der Waals surface area (Å²) in [7, 11) is 0. The normalized spacial score (nSPS) is 16.5. The van der Waals surface area contributed by atoms with E-state index in [2.05, 4.69) is 36.2 Å². The molecular formula is C22H28N2O3S2. The minimum absolute atomic E-state index is 0.102. The first kappa shape index (κ1) is 21.8. The average Bonchev–Trinajstić information content (AvgIpc) is 3.33. The van der Waals surface area contributed by atoms with Gasteiger partial charge in [-0.25, -0.2) is 9.78 Å². The smallest absolute Gasteiger partial charge is 0.355 e. The van der Waals surface area contributed by atoms with Crippen LogP contribution in [0.4, 0.5) is 5.69 Å². The predicted molar refractivity (Wildman–Crippen MR) is 119 cm³/mol. The monoisotopic (exact) mass is 432 g/mol. The van der Waals surface area contributed by atoms with Crippen LogP contribution in [0.1, 0.15) is 67.9 Å². The Bertz CT molecular complexity index is 820. The number of thioether (sulfide) groups is 1. The summed E-state index contributed by atoms with van der Waals surface area (Å²) in [6, 6.07) is 8.67. The van der Waals surface area contributed by atoms with E-state index in [4.69, 9.17) is 5.11 Å². The fourth-order valence-corrected chi connectivity index (χ4v) is 5.57. The van der Waals surface area contributed by atoms with Crippen LogP contribution in [0.5, 0.6) is 0 Å². The van der Waals surface area contributed by atoms with Crippen molar-refractivity contribution in [3.63, 3.8) is 0 Å². The molecule has 1 atom stereocenters. The van der Waals surface area contributed by atoms with Crippen LogP contribution in [0.25, 0.3) is 0 Å². The second-order valence-corrected chi connectivity index (χ2v) is 9.57. The zero-order valence-electron chi connectivity index (χ0n) is 16.8. The number of carbonyl (C=O) groups excluding carboxylic acids is 1. The Hall–Kier alpha value is -1.86. The molecule has 0 aliphatic carbocycles. The van der Waals surface area contributed by atoms with Crippen molar-refractivity contribution in [2.75, 3.05) is 10.7 Å². The maximum atomic E-state index is 12.5. The number of carboxylic acid groups (broad SMARTS) is 1. The van der Waals surface area contributed by atoms with Gasteiger partial charge in [0.2, 0.25) is 5.91 Å². The minimum Gasteiger partial charge on any atom is -0.476 e. The Morgan fingerprint density at radius 2 is 2.07 bits per heavy atom. The fourth-order valence-electron chi connectivity index (χ4n) is 3.65. The third kappa shape index (κ3) is 6.06. The summed E-state index contributed by atoms with van der Waals surface area (Å²) in [5, 5.41) is 10.5. The van der Waals surface area contributed by atoms with Crippen LogP contribution in [0.15, 0.2) is 34.0 Å². The SMILES string of the molecule is CCCCCCc1ccc(N2C(=O)CC[C@@H]2CCSc2nc(C(=O)O)cs2)cc1. The van der Waals surface area contributed by atoms with Crippen molar-refractivity contribution in [1.82, 2.24) is 4.98 Å². The van der Waals surface area contributed by atoms with Crippen molar-refractivity contribution in [2.24, 2.45) is 0 Å². The van der Waals surface area contributed by atoms with E-state index in [1.54, 1.807) is 17.1 Å². The van der Waals surface area contributed by atoms with Crippen LogP contribution in [-0.2, 0) is 11.2 Å². The lowest BCUT2D eigenvalue weighted by molar-refractivity contribution is -0.117. The maximum absolute atomic E-state index is 12.5. The first-order valence-corrected chi connectivity index (χ1v) is 12.2. The largest absolute Gasteiger partial charge is 0.476 e. The van der Waals surface area contributed by atoms with E-state index in [9.17, 15) is 9.59 Å². The third-order valence-electron chi connectivity index (χ3n) is 5.24. The summed E-state index contributed by atoms with van der Waals surface area (Å²) < 4.78 is 0.769. The molecule has 29 heavy (non-hydrogen) atoms. The summed E-state index contributed by atoms with van der Waals surface area (Å²) >= 11 is 2.93. The summed E-state index contributed by atoms with van der Waals surface area (Å²) in [5.41, 5.74) is 2.42. The summed E-state index contributed by atoms with van der Waals surface area (Å²) in [6.07, 6.45) is 8.46. The van der Waals surface area contributed by atoms with Gasteiger partial charge in [-0.3, -0.25) is 4.79 Å². The molecule has 7 heteroatoms. The third-order valence-corrected chi connectivity index (χ3v) is 7.29. The number of amides is 1. The summed E-state index contributed by atoms with van der Waals surface area (Å²) in [5.74, 6) is 0.0175. The van der Waals surface area contributed by atoms with Gasteiger partial charge in [0.05, 0.1) is 0 Å². The molecule has 0 bridgehead atoms. The molecular weight excluding hydrogens is 404 g/mol. The predicted octanol–water partition coefficient (Wildman–Crippen LogP) is 5.64. The van der Waals surface area contributed by atoms with Gasteiger partial charge in [0, 0.05) is 29.3 Å². The summed E-state index contributed by atoms with van der Waals surface area (Å²) in [6.45, 7) is 2.22. The average molecular weight is 433 g/mol. The number of carboxylic acids is 1. The molecule has 0 unspecified atom stereocenters. The van der Waals surface area contributed by atoms with Crippen LogP contribution in [0, 0.1) is 0 Å². The van der Waals surface area contributed by atoms with Crippen molar-refractivity contribution >= 4 is 40.7 Å². The molecule has 2 aromatic rings. The highest BCUT2D eigenvalue weighted by atomic mass is 32.2. The van der Waals surface area contributed by atoms with E-state index >= 15 is 0 Å². The second kappa shape index (κ2) is 10.8. The molecule has 1 aliphatic heterocycles. The molecule has 5 nitrogen and oxygen atoms in total. The van der Waals surface area contributed by atoms with Crippen LogP contribution in [0.2, 0.25) is 0 Å². The molecule has 0 radical (unpaired) electrons. The highest BCUT2D eigenvalue weighted by molar-refractivity contribution is 8.01. The molecule has 1 fully saturated rings. The topological polar surface area (TPSA) is 70.5 Å². The van der Waals surface area contributed by atoms with Crippen molar-refractivity contribution < 1.29 is 14.7 Å². The van der Waals surface area contributed by atoms with E-state index < -0.39 is 5.97 Å². The first-order chi connectivity index (χ1) is 14.1. The number of thiazole rings is 1. The molecule has 1 aromatic carbocycles. The Morgan fingerprint density at radius 1 is 1.28 bits per heavy atom. The zero-order valence-corrected chi connectivity index (χ0v) is 18.4. The lowest BCUT2D eigenvalue weighted by Crippen LogP contribution is -2.33. The molecule has 156 valence electrons. The summed E-state index contributed by atoms with van der Waals surface area (Å²) in [4.78, 5) is 29.5. The molecule has 1 N–H and O–H groups in total. The molecule has 1 aromatic heterocycles. The molecule has 1 amide bonds. The van der Waals surface area contributed by atoms with Crippen molar-refractivity contribution in [3.05, 3.63) is 40.9 Å². The van der Waals surface area contributed by atoms with E-state index in [1.165, 1.54) is 42.6 Å². The van der Waals surface area contributed by atoms with E-state index in [0.29, 0.717) is 6.42 Å².